The number of pyridine rings is 1. The van der Waals surface area contributed by atoms with E-state index in [-0.39, 0.29) is 16.9 Å². The van der Waals surface area contributed by atoms with Gasteiger partial charge in [-0.25, -0.2) is 13.9 Å². The number of para-hydroxylation sites is 1. The van der Waals surface area contributed by atoms with Crippen molar-refractivity contribution in [2.75, 3.05) is 25.0 Å². The molecule has 206 valence electrons. The van der Waals surface area contributed by atoms with E-state index in [0.717, 1.165) is 41.5 Å². The lowest BCUT2D eigenvalue weighted by Crippen LogP contribution is -2.30. The van der Waals surface area contributed by atoms with Crippen LogP contribution in [0.3, 0.4) is 0 Å². The first-order valence-electron chi connectivity index (χ1n) is 13.1. The van der Waals surface area contributed by atoms with E-state index < -0.39 is 0 Å². The normalized spacial score (nSPS) is 14.2. The number of fused-ring (bicyclic) bond motifs is 1. The SMILES string of the molecule is CN[C@H]1CCN(c2ccc3nccn3n2)C1.Cc1cc(C=O)c(=O)n(-c2ccccc2)c1C.Fc1ccccc1. The van der Waals surface area contributed by atoms with Gasteiger partial charge >= 0.3 is 0 Å². The summed E-state index contributed by atoms with van der Waals surface area (Å²) in [5, 5.41) is 7.85. The Morgan fingerprint density at radius 3 is 2.30 bits per heavy atom. The van der Waals surface area contributed by atoms with Crippen LogP contribution in [0.4, 0.5) is 10.2 Å². The van der Waals surface area contributed by atoms with Crippen molar-refractivity contribution in [2.24, 2.45) is 0 Å². The minimum Gasteiger partial charge on any atom is -0.354 e. The van der Waals surface area contributed by atoms with E-state index in [4.69, 9.17) is 0 Å². The highest BCUT2D eigenvalue weighted by atomic mass is 19.1. The summed E-state index contributed by atoms with van der Waals surface area (Å²) in [7, 11) is 2.01. The molecule has 2 aromatic carbocycles. The summed E-state index contributed by atoms with van der Waals surface area (Å²) in [4.78, 5) is 29.5. The van der Waals surface area contributed by atoms with E-state index in [9.17, 15) is 14.0 Å². The number of likely N-dealkylation sites (N-methyl/N-ethyl adjacent to an activating group) is 1. The third-order valence-electron chi connectivity index (χ3n) is 6.76. The topological polar surface area (TPSA) is 84.5 Å². The number of anilines is 1. The van der Waals surface area contributed by atoms with Gasteiger partial charge in [0.1, 0.15) is 11.6 Å². The van der Waals surface area contributed by atoms with Gasteiger partial charge in [-0.15, -0.1) is 5.10 Å². The number of carbonyl (C=O) groups is 1. The smallest absolute Gasteiger partial charge is 0.265 e. The van der Waals surface area contributed by atoms with Gasteiger partial charge in [0.05, 0.1) is 5.56 Å². The fourth-order valence-corrected chi connectivity index (χ4v) is 4.42. The first-order valence-corrected chi connectivity index (χ1v) is 13.1. The van der Waals surface area contributed by atoms with Gasteiger partial charge in [0.2, 0.25) is 0 Å². The van der Waals surface area contributed by atoms with Crippen LogP contribution in [-0.2, 0) is 0 Å². The number of rotatable bonds is 4. The monoisotopic (exact) mass is 540 g/mol. The number of imidazole rings is 1. The van der Waals surface area contributed by atoms with Crippen LogP contribution in [0.1, 0.15) is 28.0 Å². The molecule has 0 saturated carbocycles. The number of halogens is 1. The summed E-state index contributed by atoms with van der Waals surface area (Å²) in [6.07, 6.45) is 5.44. The molecule has 4 heterocycles. The third-order valence-corrected chi connectivity index (χ3v) is 6.76. The van der Waals surface area contributed by atoms with Crippen LogP contribution in [0.2, 0.25) is 0 Å². The highest BCUT2D eigenvalue weighted by molar-refractivity contribution is 5.74. The average molecular weight is 541 g/mol. The highest BCUT2D eigenvalue weighted by Crippen LogP contribution is 2.18. The third kappa shape index (κ3) is 6.86. The molecule has 5 aromatic rings. The fourth-order valence-electron chi connectivity index (χ4n) is 4.42. The number of hydrogen-bond donors (Lipinski definition) is 1. The number of nitrogens with one attached hydrogen (secondary N) is 1. The van der Waals surface area contributed by atoms with Gasteiger partial charge in [-0.1, -0.05) is 36.4 Å². The Kier molecular flexibility index (Phi) is 9.53. The van der Waals surface area contributed by atoms with Crippen LogP contribution in [0.25, 0.3) is 11.3 Å². The zero-order chi connectivity index (χ0) is 28.5. The maximum absolute atomic E-state index is 12.1. The van der Waals surface area contributed by atoms with Crippen molar-refractivity contribution in [3.8, 4) is 5.69 Å². The molecule has 1 fully saturated rings. The second-order valence-corrected chi connectivity index (χ2v) is 9.40. The predicted molar refractivity (Wildman–Crippen MR) is 156 cm³/mol. The minimum absolute atomic E-state index is 0.178. The van der Waals surface area contributed by atoms with Crippen molar-refractivity contribution in [3.63, 3.8) is 0 Å². The van der Waals surface area contributed by atoms with E-state index in [1.807, 2.05) is 74.1 Å². The summed E-state index contributed by atoms with van der Waals surface area (Å²) in [5.74, 6) is 0.853. The lowest BCUT2D eigenvalue weighted by Gasteiger charge is -2.16. The van der Waals surface area contributed by atoms with Crippen molar-refractivity contribution in [1.29, 1.82) is 0 Å². The summed E-state index contributed by atoms with van der Waals surface area (Å²) in [5.41, 5.74) is 3.38. The fraction of sp³-hybridized carbons (Fsp3) is 0.226. The molecule has 0 spiro atoms. The lowest BCUT2D eigenvalue weighted by molar-refractivity contribution is 0.112. The molecule has 0 unspecified atom stereocenters. The van der Waals surface area contributed by atoms with Crippen molar-refractivity contribution < 1.29 is 9.18 Å². The van der Waals surface area contributed by atoms with Crippen molar-refractivity contribution >= 4 is 17.8 Å². The van der Waals surface area contributed by atoms with E-state index >= 15 is 0 Å². The Labute approximate surface area is 232 Å². The molecule has 1 aliphatic heterocycles. The van der Waals surface area contributed by atoms with E-state index in [2.05, 4.69) is 20.3 Å². The van der Waals surface area contributed by atoms with Gasteiger partial charge in [0, 0.05) is 42.9 Å². The molecule has 0 amide bonds. The predicted octanol–water partition coefficient (Wildman–Crippen LogP) is 4.62. The van der Waals surface area contributed by atoms with Gasteiger partial charge in [-0.3, -0.25) is 14.2 Å². The zero-order valence-electron chi connectivity index (χ0n) is 22.9. The molecule has 3 aromatic heterocycles. The molecule has 1 atom stereocenters. The molecule has 1 saturated heterocycles. The van der Waals surface area contributed by atoms with E-state index in [0.29, 0.717) is 12.3 Å². The molecule has 1 N–H and O–H groups in total. The Bertz CT molecular complexity index is 1600. The van der Waals surface area contributed by atoms with Crippen LogP contribution in [0.15, 0.2) is 96.1 Å². The van der Waals surface area contributed by atoms with Gasteiger partial charge in [0.25, 0.3) is 5.56 Å². The molecule has 0 radical (unpaired) electrons. The maximum atomic E-state index is 12.1. The molecule has 0 bridgehead atoms. The largest absolute Gasteiger partial charge is 0.354 e. The number of aromatic nitrogens is 4. The van der Waals surface area contributed by atoms with Gasteiger partial charge < -0.3 is 10.2 Å². The number of benzene rings is 2. The van der Waals surface area contributed by atoms with E-state index in [1.165, 1.54) is 18.6 Å². The molecular weight excluding hydrogens is 507 g/mol. The highest BCUT2D eigenvalue weighted by Gasteiger charge is 2.22. The Balaban J connectivity index is 0.000000150. The standard InChI is InChI=1S/C14H13NO2.C11H15N5.C6H5F/c1-10-8-12(9-16)14(17)15(11(10)2)13-6-4-3-5-7-13;1-12-9-4-6-15(8-9)11-3-2-10-13-5-7-16(10)14-11;7-6-4-2-1-3-5-6/h3-9H,1-2H3;2-3,5,7,9,12H,4,6,8H2,1H3;1-5H/t;9-;/m.0./s1. The Hall–Kier alpha value is -4.63. The molecular formula is C31H33FN6O2. The Morgan fingerprint density at radius 1 is 1.00 bits per heavy atom. The number of aryl methyl sites for hydroxylation is 1. The molecule has 9 heteroatoms. The van der Waals surface area contributed by atoms with Crippen LogP contribution < -0.4 is 15.8 Å². The minimum atomic E-state index is -0.269. The van der Waals surface area contributed by atoms with Crippen molar-refractivity contribution in [3.05, 3.63) is 124 Å². The molecule has 0 aliphatic carbocycles. The van der Waals surface area contributed by atoms with Gasteiger partial charge in [-0.2, -0.15) is 0 Å². The number of aldehydes is 1. The summed E-state index contributed by atoms with van der Waals surface area (Å²) in [6.45, 7) is 5.86. The summed E-state index contributed by atoms with van der Waals surface area (Å²) in [6, 6.07) is 23.5. The lowest BCUT2D eigenvalue weighted by atomic mass is 10.1. The quantitative estimate of drug-likeness (QED) is 0.335. The van der Waals surface area contributed by atoms with Crippen LogP contribution in [0.5, 0.6) is 0 Å². The second kappa shape index (κ2) is 13.4. The Morgan fingerprint density at radius 2 is 1.70 bits per heavy atom. The summed E-state index contributed by atoms with van der Waals surface area (Å²) < 4.78 is 15.3. The number of hydrogen-bond acceptors (Lipinski definition) is 6. The molecule has 1 aliphatic rings. The van der Waals surface area contributed by atoms with Gasteiger partial charge in [-0.05, 0) is 75.3 Å². The van der Waals surface area contributed by atoms with Crippen LogP contribution in [-0.4, -0.2) is 51.6 Å². The van der Waals surface area contributed by atoms with Crippen molar-refractivity contribution in [1.82, 2.24) is 24.5 Å². The number of carbonyl (C=O) groups excluding carboxylic acids is 1. The molecule has 6 rings (SSSR count). The van der Waals surface area contributed by atoms with Gasteiger partial charge in [0.15, 0.2) is 11.9 Å². The van der Waals surface area contributed by atoms with Crippen LogP contribution >= 0.6 is 0 Å². The first-order chi connectivity index (χ1) is 19.4. The number of nitrogens with zero attached hydrogens (tertiary/aromatic N) is 5. The zero-order valence-corrected chi connectivity index (χ0v) is 22.9. The van der Waals surface area contributed by atoms with Crippen LogP contribution in [0, 0.1) is 19.7 Å². The first kappa shape index (κ1) is 28.4. The molecule has 8 nitrogen and oxygen atoms in total. The maximum Gasteiger partial charge on any atom is 0.265 e. The van der Waals surface area contributed by atoms with Crippen molar-refractivity contribution in [2.45, 2.75) is 26.3 Å². The average Bonchev–Trinajstić information content (AvgIpc) is 3.66. The molecule has 40 heavy (non-hydrogen) atoms. The summed E-state index contributed by atoms with van der Waals surface area (Å²) >= 11 is 0. The van der Waals surface area contributed by atoms with E-state index in [1.54, 1.807) is 35.0 Å². The second-order valence-electron chi connectivity index (χ2n) is 9.40.